The van der Waals surface area contributed by atoms with Gasteiger partial charge in [-0.05, 0) is 83.1 Å². The number of anilines is 1. The molecule has 1 aromatic rings. The average Bonchev–Trinajstić information content (AvgIpc) is 3.62. The number of hydrogen-bond donors (Lipinski definition) is 6. The van der Waals surface area contributed by atoms with Crippen molar-refractivity contribution in [3.05, 3.63) is 120 Å². The zero-order chi connectivity index (χ0) is 53.6. The molecule has 0 saturated carbocycles. The standard InChI is InChI=1S/C52H81N3O16P2/c1-3-5-7-9-11-13-15-17-18-20-22-24-26-28-32-36-47(57)66-40-44(69-48(58)37-33-29-31-35-43(56)34-30-27-25-23-21-19-16-14-12-10-8-6-4-2)41-67-72(62,63)71-73(64,65)68-42-45-49(59)50(60)51(70-45)55-39-38-46(53)54-52(55)61/h6,8,11-14,17-19,21,25,27,29-31,34,38-39,43-45,49-51,56,59-60H,3-5,7,9-10,15-16,20,22-24,26,28,32-33,35-37,40-42H2,1-2H3,(H,62,63)(H,64,65)(H2,53,54,61)/b8-6-,13-11-,14-12-,18-17-,21-19-,27-25-,31-29-,34-30-/t43?,44-,45-,49-,50-,51-/m1/s1. The Bertz CT molecular complexity index is 2120. The van der Waals surface area contributed by atoms with Crippen molar-refractivity contribution in [1.29, 1.82) is 0 Å². The zero-order valence-electron chi connectivity index (χ0n) is 42.5. The molecule has 2 heterocycles. The Kier molecular flexibility index (Phi) is 34.7. The fourth-order valence-corrected chi connectivity index (χ4v) is 8.92. The summed E-state index contributed by atoms with van der Waals surface area (Å²) in [6, 6.07) is 1.23. The van der Waals surface area contributed by atoms with Gasteiger partial charge < -0.3 is 45.1 Å². The molecule has 2 rings (SSSR count). The number of rotatable bonds is 40. The molecule has 0 aromatic carbocycles. The van der Waals surface area contributed by atoms with Crippen LogP contribution >= 0.6 is 15.6 Å². The van der Waals surface area contributed by atoms with E-state index in [-0.39, 0.29) is 31.5 Å². The summed E-state index contributed by atoms with van der Waals surface area (Å²) in [4.78, 5) is 61.9. The number of carbonyl (C=O) groups excluding carboxylic acids is 2. The molecule has 21 heteroatoms. The number of phosphoric ester groups is 2. The number of carbonyl (C=O) groups is 2. The Morgan fingerprint density at radius 1 is 0.740 bits per heavy atom. The SMILES string of the molecule is CC/C=C\C/C=C\C/C=C\C/C=C\C=C/C(O)C/C=C\CCC(=O)O[C@H](COC(=O)CCCCCCC/C=C\C/C=C\CCCCC)COP(=O)(O)OP(=O)(O)OC[C@H]1O[C@@H](n2ccc(N)nc2=O)[C@H](O)[C@@H]1O. The van der Waals surface area contributed by atoms with Gasteiger partial charge in [-0.3, -0.25) is 23.2 Å². The van der Waals surface area contributed by atoms with Gasteiger partial charge in [0.25, 0.3) is 0 Å². The largest absolute Gasteiger partial charge is 0.481 e. The van der Waals surface area contributed by atoms with E-state index in [0.717, 1.165) is 81.4 Å². The number of allylic oxidation sites excluding steroid dienone is 14. The first-order valence-corrected chi connectivity index (χ1v) is 28.3. The van der Waals surface area contributed by atoms with Crippen molar-refractivity contribution < 1.29 is 71.4 Å². The van der Waals surface area contributed by atoms with Crippen molar-refractivity contribution >= 4 is 33.4 Å². The number of aliphatic hydroxyl groups is 3. The number of esters is 2. The molecular formula is C52H81N3O16P2. The van der Waals surface area contributed by atoms with Crippen molar-refractivity contribution in [2.24, 2.45) is 0 Å². The van der Waals surface area contributed by atoms with E-state index in [2.05, 4.69) is 83.9 Å². The van der Waals surface area contributed by atoms with Gasteiger partial charge in [0, 0.05) is 19.0 Å². The quantitative estimate of drug-likeness (QED) is 0.0117. The lowest BCUT2D eigenvalue weighted by atomic mass is 10.1. The molecule has 1 fully saturated rings. The third-order valence-corrected chi connectivity index (χ3v) is 13.3. The molecule has 7 N–H and O–H groups in total. The molecule has 1 aromatic heterocycles. The van der Waals surface area contributed by atoms with Crippen LogP contribution in [0.2, 0.25) is 0 Å². The Labute approximate surface area is 431 Å². The van der Waals surface area contributed by atoms with E-state index in [4.69, 9.17) is 29.0 Å². The van der Waals surface area contributed by atoms with Gasteiger partial charge in [-0.25, -0.2) is 13.9 Å². The zero-order valence-corrected chi connectivity index (χ0v) is 44.3. The van der Waals surface area contributed by atoms with Crippen molar-refractivity contribution in [3.8, 4) is 0 Å². The van der Waals surface area contributed by atoms with Crippen molar-refractivity contribution in [3.63, 3.8) is 0 Å². The molecule has 0 aliphatic carbocycles. The molecule has 0 bridgehead atoms. The number of nitrogen functional groups attached to an aromatic ring is 1. The lowest BCUT2D eigenvalue weighted by molar-refractivity contribution is -0.161. The molecule has 410 valence electrons. The number of unbranched alkanes of at least 4 members (excludes halogenated alkanes) is 8. The summed E-state index contributed by atoms with van der Waals surface area (Å²) in [7, 11) is -10.9. The minimum atomic E-state index is -5.48. The third kappa shape index (κ3) is 31.9. The molecule has 73 heavy (non-hydrogen) atoms. The van der Waals surface area contributed by atoms with Gasteiger partial charge in [-0.2, -0.15) is 9.29 Å². The Morgan fingerprint density at radius 2 is 1.34 bits per heavy atom. The number of phosphoric acid groups is 2. The van der Waals surface area contributed by atoms with Crippen LogP contribution < -0.4 is 11.4 Å². The van der Waals surface area contributed by atoms with Crippen LogP contribution in [0.25, 0.3) is 0 Å². The maximum absolute atomic E-state index is 12.9. The predicted octanol–water partition coefficient (Wildman–Crippen LogP) is 9.41. The minimum Gasteiger partial charge on any atom is -0.462 e. The van der Waals surface area contributed by atoms with Crippen LogP contribution in [0.3, 0.4) is 0 Å². The summed E-state index contributed by atoms with van der Waals surface area (Å²) < 4.78 is 56.6. The summed E-state index contributed by atoms with van der Waals surface area (Å²) in [5, 5.41) is 31.2. The second-order valence-electron chi connectivity index (χ2n) is 17.1. The number of ether oxygens (including phenoxy) is 3. The first kappa shape index (κ1) is 64.8. The van der Waals surface area contributed by atoms with Crippen LogP contribution in [-0.4, -0.2) is 96.9 Å². The average molecular weight is 1070 g/mol. The summed E-state index contributed by atoms with van der Waals surface area (Å²) in [6.07, 6.45) is 39.4. The number of hydrogen-bond acceptors (Lipinski definition) is 16. The summed E-state index contributed by atoms with van der Waals surface area (Å²) >= 11 is 0. The topological polar surface area (TPSA) is 286 Å². The highest BCUT2D eigenvalue weighted by molar-refractivity contribution is 7.61. The van der Waals surface area contributed by atoms with Gasteiger partial charge in [-0.15, -0.1) is 0 Å². The molecule has 8 atom stereocenters. The number of aliphatic hydroxyl groups excluding tert-OH is 3. The van der Waals surface area contributed by atoms with Gasteiger partial charge in [-0.1, -0.05) is 143 Å². The van der Waals surface area contributed by atoms with Crippen LogP contribution in [0, 0.1) is 0 Å². The smallest absolute Gasteiger partial charge is 0.462 e. The summed E-state index contributed by atoms with van der Waals surface area (Å²) in [6.45, 7) is 1.82. The molecule has 0 amide bonds. The Balaban J connectivity index is 1.87. The highest BCUT2D eigenvalue weighted by Gasteiger charge is 2.46. The highest BCUT2D eigenvalue weighted by atomic mass is 31.3. The first-order chi connectivity index (χ1) is 35.1. The molecule has 3 unspecified atom stereocenters. The second-order valence-corrected chi connectivity index (χ2v) is 20.2. The number of aromatic nitrogens is 2. The van der Waals surface area contributed by atoms with Crippen LogP contribution in [0.15, 0.2) is 114 Å². The van der Waals surface area contributed by atoms with Crippen LogP contribution in [0.1, 0.15) is 142 Å². The van der Waals surface area contributed by atoms with E-state index in [1.54, 1.807) is 24.3 Å². The van der Waals surface area contributed by atoms with Gasteiger partial charge in [0.15, 0.2) is 12.3 Å². The second kappa shape index (κ2) is 39.1. The van der Waals surface area contributed by atoms with E-state index in [1.807, 2.05) is 12.2 Å². The highest BCUT2D eigenvalue weighted by Crippen LogP contribution is 2.60. The first-order valence-electron chi connectivity index (χ1n) is 25.4. The maximum atomic E-state index is 12.9. The minimum absolute atomic E-state index is 0.0682. The summed E-state index contributed by atoms with van der Waals surface area (Å²) in [5.74, 6) is -1.52. The molecule has 1 aliphatic rings. The van der Waals surface area contributed by atoms with E-state index in [0.29, 0.717) is 6.42 Å². The van der Waals surface area contributed by atoms with Crippen molar-refractivity contribution in [1.82, 2.24) is 9.55 Å². The number of nitrogens with two attached hydrogens (primary N) is 1. The van der Waals surface area contributed by atoms with Gasteiger partial charge >= 0.3 is 33.3 Å². The molecular weight excluding hydrogens is 985 g/mol. The Hall–Kier alpha value is -4.36. The fraction of sp³-hybridized carbons (Fsp3) is 0.577. The molecule has 0 spiro atoms. The van der Waals surface area contributed by atoms with Crippen LogP contribution in [0.4, 0.5) is 5.82 Å². The maximum Gasteiger partial charge on any atom is 0.481 e. The number of nitrogens with zero attached hydrogens (tertiary/aromatic N) is 2. The van der Waals surface area contributed by atoms with Gasteiger partial charge in [0.1, 0.15) is 30.7 Å². The van der Waals surface area contributed by atoms with Crippen molar-refractivity contribution in [2.45, 2.75) is 173 Å². The molecule has 1 saturated heterocycles. The lowest BCUT2D eigenvalue weighted by Gasteiger charge is -2.21. The summed E-state index contributed by atoms with van der Waals surface area (Å²) in [5.41, 5.74) is 4.57. The van der Waals surface area contributed by atoms with Gasteiger partial charge in [0.05, 0.1) is 19.3 Å². The predicted molar refractivity (Wildman–Crippen MR) is 281 cm³/mol. The molecule has 19 nitrogen and oxygen atoms in total. The molecule has 0 radical (unpaired) electrons. The normalized spacial score (nSPS) is 20.2. The van der Waals surface area contributed by atoms with Crippen LogP contribution in [0.5, 0.6) is 0 Å². The fourth-order valence-electron chi connectivity index (χ4n) is 6.80. The van der Waals surface area contributed by atoms with E-state index < -0.39 is 89.8 Å². The third-order valence-electron chi connectivity index (χ3n) is 10.7. The Morgan fingerprint density at radius 3 is 2.01 bits per heavy atom. The lowest BCUT2D eigenvalue weighted by Crippen LogP contribution is -2.36. The van der Waals surface area contributed by atoms with Crippen LogP contribution in [-0.2, 0) is 46.3 Å². The van der Waals surface area contributed by atoms with E-state index >= 15 is 0 Å². The van der Waals surface area contributed by atoms with Gasteiger partial charge in [0.2, 0.25) is 0 Å². The van der Waals surface area contributed by atoms with E-state index in [1.165, 1.54) is 25.3 Å². The van der Waals surface area contributed by atoms with Crippen molar-refractivity contribution in [2.75, 3.05) is 25.6 Å². The van der Waals surface area contributed by atoms with E-state index in [9.17, 15) is 48.6 Å². The monoisotopic (exact) mass is 1070 g/mol. The molecule has 1 aliphatic heterocycles.